The van der Waals surface area contributed by atoms with E-state index < -0.39 is 5.60 Å². The van der Waals surface area contributed by atoms with Gasteiger partial charge in [-0.25, -0.2) is 0 Å². The molecule has 1 fully saturated rings. The lowest BCUT2D eigenvalue weighted by atomic mass is 9.84. The van der Waals surface area contributed by atoms with Gasteiger partial charge in [0.05, 0.1) is 11.6 Å². The second-order valence-electron chi connectivity index (χ2n) is 6.52. The van der Waals surface area contributed by atoms with Crippen LogP contribution in [0.4, 0.5) is 0 Å². The molecule has 1 aliphatic rings. The molecule has 24 heavy (non-hydrogen) atoms. The first kappa shape index (κ1) is 16.7. The summed E-state index contributed by atoms with van der Waals surface area (Å²) in [6.07, 6.45) is 1.23. The quantitative estimate of drug-likeness (QED) is 0.849. The predicted octanol–water partition coefficient (Wildman–Crippen LogP) is 2.95. The molecule has 1 aliphatic heterocycles. The Kier molecular flexibility index (Phi) is 4.69. The number of benzene rings is 2. The molecule has 0 aliphatic carbocycles. The number of nitrogens with zero attached hydrogens (tertiary/aromatic N) is 1. The molecule has 0 radical (unpaired) electrons. The normalized spacial score (nSPS) is 18.9. The fourth-order valence-corrected chi connectivity index (χ4v) is 3.35. The number of phenols is 1. The predicted molar refractivity (Wildman–Crippen MR) is 93.0 cm³/mol. The fraction of sp³-hybridized carbons (Fsp3) is 0.350. The van der Waals surface area contributed by atoms with Crippen molar-refractivity contribution < 1.29 is 15.0 Å². The fourth-order valence-electron chi connectivity index (χ4n) is 3.35. The molecular formula is C20H23NO3. The highest BCUT2D eigenvalue weighted by atomic mass is 16.3. The summed E-state index contributed by atoms with van der Waals surface area (Å²) in [4.78, 5) is 14.7. The molecule has 0 saturated carbocycles. The van der Waals surface area contributed by atoms with Crippen LogP contribution in [0.15, 0.2) is 54.6 Å². The van der Waals surface area contributed by atoms with Crippen molar-refractivity contribution in [1.82, 2.24) is 4.90 Å². The van der Waals surface area contributed by atoms with Crippen LogP contribution in [0.2, 0.25) is 0 Å². The highest BCUT2D eigenvalue weighted by molar-refractivity contribution is 5.99. The second kappa shape index (κ2) is 6.75. The van der Waals surface area contributed by atoms with Gasteiger partial charge in [0.1, 0.15) is 5.75 Å². The highest BCUT2D eigenvalue weighted by Gasteiger charge is 2.36. The van der Waals surface area contributed by atoms with Crippen molar-refractivity contribution >= 4 is 5.78 Å². The van der Waals surface area contributed by atoms with E-state index in [9.17, 15) is 15.0 Å². The molecule has 2 N–H and O–H groups in total. The molecule has 0 amide bonds. The number of aliphatic hydroxyl groups is 1. The third kappa shape index (κ3) is 3.35. The summed E-state index contributed by atoms with van der Waals surface area (Å²) in [5.74, 6) is 0.199. The van der Waals surface area contributed by atoms with Gasteiger partial charge in [-0.1, -0.05) is 30.3 Å². The molecule has 4 nitrogen and oxygen atoms in total. The first-order valence-corrected chi connectivity index (χ1v) is 8.35. The van der Waals surface area contributed by atoms with E-state index in [0.717, 1.165) is 5.56 Å². The number of carbonyl (C=O) groups excluding carboxylic acids is 1. The van der Waals surface area contributed by atoms with Crippen molar-refractivity contribution in [2.75, 3.05) is 13.1 Å². The van der Waals surface area contributed by atoms with Crippen LogP contribution in [0, 0.1) is 0 Å². The van der Waals surface area contributed by atoms with E-state index in [0.29, 0.717) is 31.5 Å². The monoisotopic (exact) mass is 325 g/mol. The van der Waals surface area contributed by atoms with Crippen molar-refractivity contribution in [3.05, 3.63) is 65.7 Å². The maximum atomic E-state index is 12.6. The maximum absolute atomic E-state index is 12.6. The van der Waals surface area contributed by atoms with Gasteiger partial charge < -0.3 is 10.2 Å². The van der Waals surface area contributed by atoms with Crippen LogP contribution in [0.5, 0.6) is 5.75 Å². The average Bonchev–Trinajstić information content (AvgIpc) is 2.62. The van der Waals surface area contributed by atoms with Gasteiger partial charge in [0.25, 0.3) is 0 Å². The van der Waals surface area contributed by atoms with Gasteiger partial charge >= 0.3 is 0 Å². The van der Waals surface area contributed by atoms with Gasteiger partial charge in [-0.2, -0.15) is 0 Å². The number of aromatic hydroxyl groups is 1. The Morgan fingerprint density at radius 1 is 1.04 bits per heavy atom. The minimum Gasteiger partial charge on any atom is -0.508 e. The number of hydrogen-bond acceptors (Lipinski definition) is 4. The van der Waals surface area contributed by atoms with Crippen LogP contribution >= 0.6 is 0 Å². The number of rotatable bonds is 4. The Balaban J connectivity index is 1.66. The van der Waals surface area contributed by atoms with Crippen molar-refractivity contribution in [2.45, 2.75) is 31.4 Å². The van der Waals surface area contributed by atoms with Crippen LogP contribution < -0.4 is 0 Å². The van der Waals surface area contributed by atoms with E-state index in [1.807, 2.05) is 37.3 Å². The molecule has 1 saturated heterocycles. The lowest BCUT2D eigenvalue weighted by Gasteiger charge is -2.40. The second-order valence-corrected chi connectivity index (χ2v) is 6.52. The molecule has 1 atom stereocenters. The molecule has 126 valence electrons. The zero-order valence-corrected chi connectivity index (χ0v) is 13.9. The van der Waals surface area contributed by atoms with Crippen molar-refractivity contribution in [3.63, 3.8) is 0 Å². The van der Waals surface area contributed by atoms with E-state index >= 15 is 0 Å². The Morgan fingerprint density at radius 2 is 1.62 bits per heavy atom. The van der Waals surface area contributed by atoms with E-state index in [2.05, 4.69) is 4.90 Å². The van der Waals surface area contributed by atoms with Gasteiger partial charge in [0, 0.05) is 18.7 Å². The lowest BCUT2D eigenvalue weighted by molar-refractivity contribution is -0.0318. The Bertz CT molecular complexity index is 689. The topological polar surface area (TPSA) is 60.8 Å². The summed E-state index contributed by atoms with van der Waals surface area (Å²) < 4.78 is 0. The minimum atomic E-state index is -0.806. The first-order valence-electron chi connectivity index (χ1n) is 8.35. The number of carbonyl (C=O) groups is 1. The molecule has 1 unspecified atom stereocenters. The maximum Gasteiger partial charge on any atom is 0.179 e. The Labute approximate surface area is 142 Å². The third-order valence-corrected chi connectivity index (χ3v) is 5.02. The molecule has 0 bridgehead atoms. The summed E-state index contributed by atoms with van der Waals surface area (Å²) in [6, 6.07) is 15.9. The van der Waals surface area contributed by atoms with Crippen LogP contribution in [-0.2, 0) is 5.60 Å². The van der Waals surface area contributed by atoms with Crippen LogP contribution in [0.3, 0.4) is 0 Å². The average molecular weight is 325 g/mol. The lowest BCUT2D eigenvalue weighted by Crippen LogP contribution is -2.48. The SMILES string of the molecule is CC(C(=O)c1ccc(O)cc1)N1CCC(O)(c2ccccc2)CC1. The third-order valence-electron chi connectivity index (χ3n) is 5.02. The van der Waals surface area contributed by atoms with Crippen molar-refractivity contribution in [2.24, 2.45) is 0 Å². The summed E-state index contributed by atoms with van der Waals surface area (Å²) in [7, 11) is 0. The molecule has 0 aromatic heterocycles. The van der Waals surface area contributed by atoms with E-state index in [4.69, 9.17) is 0 Å². The molecule has 0 spiro atoms. The van der Waals surface area contributed by atoms with E-state index in [1.165, 1.54) is 12.1 Å². The van der Waals surface area contributed by atoms with Crippen LogP contribution in [0.1, 0.15) is 35.7 Å². The molecule has 2 aromatic carbocycles. The van der Waals surface area contributed by atoms with Gasteiger partial charge in [-0.3, -0.25) is 9.69 Å². The first-order chi connectivity index (χ1) is 11.5. The van der Waals surface area contributed by atoms with Crippen molar-refractivity contribution in [3.8, 4) is 5.75 Å². The number of Topliss-reactive ketones (excluding diaryl/α,β-unsaturated/α-hetero) is 1. The zero-order valence-electron chi connectivity index (χ0n) is 13.9. The number of piperidine rings is 1. The van der Waals surface area contributed by atoms with Gasteiger partial charge in [-0.05, 0) is 49.6 Å². The Hall–Kier alpha value is -2.17. The molecule has 1 heterocycles. The van der Waals surface area contributed by atoms with Crippen LogP contribution in [0.25, 0.3) is 0 Å². The summed E-state index contributed by atoms with van der Waals surface area (Å²) in [5, 5.41) is 20.2. The number of ketones is 1. The number of hydrogen-bond donors (Lipinski definition) is 2. The largest absolute Gasteiger partial charge is 0.508 e. The molecule has 2 aromatic rings. The highest BCUT2D eigenvalue weighted by Crippen LogP contribution is 2.33. The van der Waals surface area contributed by atoms with E-state index in [1.54, 1.807) is 12.1 Å². The smallest absolute Gasteiger partial charge is 0.179 e. The zero-order chi connectivity index (χ0) is 17.2. The molecular weight excluding hydrogens is 302 g/mol. The summed E-state index contributed by atoms with van der Waals surface area (Å²) in [5.41, 5.74) is 0.741. The van der Waals surface area contributed by atoms with Gasteiger partial charge in [0.15, 0.2) is 5.78 Å². The van der Waals surface area contributed by atoms with Gasteiger partial charge in [-0.15, -0.1) is 0 Å². The van der Waals surface area contributed by atoms with Crippen molar-refractivity contribution in [1.29, 1.82) is 0 Å². The molecule has 4 heteroatoms. The number of phenolic OH excluding ortho intramolecular Hbond substituents is 1. The van der Waals surface area contributed by atoms with Gasteiger partial charge in [0.2, 0.25) is 0 Å². The Morgan fingerprint density at radius 3 is 2.21 bits per heavy atom. The molecule has 3 rings (SSSR count). The van der Waals surface area contributed by atoms with E-state index in [-0.39, 0.29) is 17.6 Å². The number of likely N-dealkylation sites (tertiary alicyclic amines) is 1. The summed E-state index contributed by atoms with van der Waals surface area (Å²) >= 11 is 0. The standard InChI is InChI=1S/C20H23NO3/c1-15(19(23)16-7-9-18(22)10-8-16)21-13-11-20(24,12-14-21)17-5-3-2-4-6-17/h2-10,15,22,24H,11-14H2,1H3. The minimum absolute atomic E-state index is 0.0418. The van der Waals surface area contributed by atoms with Crippen LogP contribution in [-0.4, -0.2) is 40.0 Å². The summed E-state index contributed by atoms with van der Waals surface area (Å²) in [6.45, 7) is 3.26.